The van der Waals surface area contributed by atoms with E-state index in [1.807, 2.05) is 36.4 Å². The van der Waals surface area contributed by atoms with E-state index in [9.17, 15) is 0 Å². The van der Waals surface area contributed by atoms with Gasteiger partial charge in [0, 0.05) is 14.9 Å². The molecule has 0 aliphatic carbocycles. The van der Waals surface area contributed by atoms with Crippen molar-refractivity contribution in [3.63, 3.8) is 0 Å². The van der Waals surface area contributed by atoms with Gasteiger partial charge in [0.05, 0.1) is 10.9 Å². The van der Waals surface area contributed by atoms with Crippen molar-refractivity contribution in [2.45, 2.75) is 19.6 Å². The molecule has 0 unspecified atom stereocenters. The molecule has 3 aromatic carbocycles. The van der Waals surface area contributed by atoms with Gasteiger partial charge in [-0.15, -0.1) is 12.6 Å². The molecule has 0 spiro atoms. The van der Waals surface area contributed by atoms with E-state index in [2.05, 4.69) is 49.0 Å². The Morgan fingerprint density at radius 1 is 0.545 bits per heavy atom. The average Bonchev–Trinajstić information content (AvgIpc) is 2.53. The van der Waals surface area contributed by atoms with Crippen molar-refractivity contribution in [1.82, 2.24) is 0 Å². The molecule has 0 fully saturated rings. The van der Waals surface area contributed by atoms with E-state index in [-0.39, 0.29) is 10.9 Å². The van der Waals surface area contributed by atoms with Crippen molar-refractivity contribution in [2.75, 3.05) is 0 Å². The van der Waals surface area contributed by atoms with Gasteiger partial charge in [0.2, 0.25) is 0 Å². The van der Waals surface area contributed by atoms with Crippen LogP contribution < -0.4 is 0 Å². The number of thiol groups is 1. The van der Waals surface area contributed by atoms with Gasteiger partial charge < -0.3 is 0 Å². The van der Waals surface area contributed by atoms with Crippen molar-refractivity contribution in [3.05, 3.63) is 82.8 Å². The smallest absolute Gasteiger partial charge is 0.143 e. The molecule has 0 saturated carbocycles. The van der Waals surface area contributed by atoms with Crippen molar-refractivity contribution >= 4 is 46.7 Å². The Kier molecular flexibility index (Phi) is 5.04. The summed E-state index contributed by atoms with van der Waals surface area (Å²) in [6.07, 6.45) is 0. The van der Waals surface area contributed by atoms with Crippen LogP contribution in [0.3, 0.4) is 0 Å². The molecule has 4 heteroatoms. The van der Waals surface area contributed by atoms with Crippen LogP contribution in [-0.2, 0) is 10.9 Å². The summed E-state index contributed by atoms with van der Waals surface area (Å²) < 4.78 is 0. The van der Waals surface area contributed by atoms with Crippen molar-refractivity contribution in [2.24, 2.45) is 0 Å². The molecule has 0 amide bonds. The van der Waals surface area contributed by atoms with Gasteiger partial charge in [0.25, 0.3) is 0 Å². The summed E-state index contributed by atoms with van der Waals surface area (Å²) in [5.74, 6) is 0. The maximum Gasteiger partial charge on any atom is 0.166 e. The first-order valence-corrected chi connectivity index (χ1v) is 9.11. The third-order valence-electron chi connectivity index (χ3n) is 3.17. The second-order valence-corrected chi connectivity index (χ2v) is 8.12. The normalized spacial score (nSPS) is 10.9. The van der Waals surface area contributed by atoms with Crippen LogP contribution in [0.15, 0.2) is 92.4 Å². The fraction of sp³-hybridized carbons (Fsp3) is 0. The Labute approximate surface area is 148 Å². The summed E-state index contributed by atoms with van der Waals surface area (Å²) in [6.45, 7) is 0. The van der Waals surface area contributed by atoms with Gasteiger partial charge in [-0.2, -0.15) is 0 Å². The van der Waals surface area contributed by atoms with Crippen LogP contribution in [0.25, 0.3) is 0 Å². The number of rotatable bonds is 3. The second-order valence-electron chi connectivity index (χ2n) is 4.71. The summed E-state index contributed by atoms with van der Waals surface area (Å²) in [5, 5.41) is 1.49. The lowest BCUT2D eigenvalue weighted by atomic mass is 10.3. The molecule has 0 radical (unpaired) electrons. The third kappa shape index (κ3) is 3.64. The molecule has 3 rings (SSSR count). The summed E-state index contributed by atoms with van der Waals surface area (Å²) in [4.78, 5) is 4.64. The Balaban J connectivity index is 2.10. The lowest BCUT2D eigenvalue weighted by Gasteiger charge is -2.08. The highest BCUT2D eigenvalue weighted by atomic mass is 35.5. The van der Waals surface area contributed by atoms with Crippen LogP contribution in [0.1, 0.15) is 0 Å². The quantitative estimate of drug-likeness (QED) is 0.405. The van der Waals surface area contributed by atoms with Crippen molar-refractivity contribution in [1.29, 1.82) is 0 Å². The highest BCUT2D eigenvalue weighted by Crippen LogP contribution is 2.32. The monoisotopic (exact) mass is 363 g/mol. The van der Waals surface area contributed by atoms with Crippen LogP contribution in [0, 0.1) is 0 Å². The highest BCUT2D eigenvalue weighted by Gasteiger charge is 2.28. The largest absolute Gasteiger partial charge is 0.166 e. The van der Waals surface area contributed by atoms with Gasteiger partial charge >= 0.3 is 0 Å². The van der Waals surface area contributed by atoms with Gasteiger partial charge in [-0.1, -0.05) is 23.2 Å². The third-order valence-corrected chi connectivity index (χ3v) is 6.20. The Hall–Kier alpha value is -1.06. The zero-order chi connectivity index (χ0) is 15.5. The zero-order valence-electron chi connectivity index (χ0n) is 11.5. The highest BCUT2D eigenvalue weighted by molar-refractivity contribution is 7.97. The van der Waals surface area contributed by atoms with E-state index in [4.69, 9.17) is 23.2 Å². The summed E-state index contributed by atoms with van der Waals surface area (Å²) >= 11 is 16.4. The molecule has 0 saturated heterocycles. The Morgan fingerprint density at radius 3 is 1.23 bits per heavy atom. The van der Waals surface area contributed by atoms with E-state index in [0.29, 0.717) is 0 Å². The maximum absolute atomic E-state index is 6.03. The first kappa shape index (κ1) is 15.8. The van der Waals surface area contributed by atoms with Crippen LogP contribution in [-0.4, -0.2) is 0 Å². The Morgan fingerprint density at radius 2 is 0.864 bits per heavy atom. The van der Waals surface area contributed by atoms with Gasteiger partial charge in [0.1, 0.15) is 0 Å². The molecular formula is C18H13Cl2S2+. The zero-order valence-corrected chi connectivity index (χ0v) is 14.8. The molecule has 3 aromatic rings. The summed E-state index contributed by atoms with van der Waals surface area (Å²) in [5.41, 5.74) is 0. The number of halogens is 2. The van der Waals surface area contributed by atoms with Crippen LogP contribution in [0.2, 0.25) is 10.0 Å². The molecule has 0 atom stereocenters. The number of benzene rings is 3. The number of hydrogen-bond donors (Lipinski definition) is 1. The molecule has 0 aromatic heterocycles. The minimum atomic E-state index is -0.191. The fourth-order valence-electron chi connectivity index (χ4n) is 2.13. The standard InChI is InChI=1S/C18H12Cl2S2/c19-13-1-7-16(8-2-13)22(17-9-3-14(20)4-10-17)18-11-5-15(21)6-12-18/h1-12H/p+1. The summed E-state index contributed by atoms with van der Waals surface area (Å²) in [6, 6.07) is 24.3. The first-order valence-electron chi connectivity index (χ1n) is 6.68. The molecule has 110 valence electrons. The predicted octanol–water partition coefficient (Wildman–Crippen LogP) is 6.38. The second kappa shape index (κ2) is 7.01. The molecule has 0 N–H and O–H groups in total. The molecule has 0 nitrogen and oxygen atoms in total. The van der Waals surface area contributed by atoms with E-state index >= 15 is 0 Å². The summed E-state index contributed by atoms with van der Waals surface area (Å²) in [7, 11) is -0.191. The molecule has 0 aliphatic heterocycles. The molecule has 22 heavy (non-hydrogen) atoms. The van der Waals surface area contributed by atoms with Crippen LogP contribution in [0.4, 0.5) is 0 Å². The number of hydrogen-bond acceptors (Lipinski definition) is 1. The van der Waals surface area contributed by atoms with Gasteiger partial charge in [-0.3, -0.25) is 0 Å². The fourth-order valence-corrected chi connectivity index (χ4v) is 4.57. The minimum Gasteiger partial charge on any atom is -0.143 e. The van der Waals surface area contributed by atoms with E-state index in [0.717, 1.165) is 14.9 Å². The van der Waals surface area contributed by atoms with E-state index < -0.39 is 0 Å². The van der Waals surface area contributed by atoms with Gasteiger partial charge in [-0.25, -0.2) is 0 Å². The van der Waals surface area contributed by atoms with Crippen molar-refractivity contribution < 1.29 is 0 Å². The lowest BCUT2D eigenvalue weighted by Crippen LogP contribution is -2.04. The lowest BCUT2D eigenvalue weighted by molar-refractivity contribution is 1.29. The SMILES string of the molecule is Sc1ccc([S+](c2ccc(Cl)cc2)c2ccc(Cl)cc2)cc1. The molecular weight excluding hydrogens is 351 g/mol. The molecule has 0 bridgehead atoms. The molecule has 0 heterocycles. The first-order chi connectivity index (χ1) is 10.6. The van der Waals surface area contributed by atoms with E-state index in [1.54, 1.807) is 0 Å². The maximum atomic E-state index is 6.03. The minimum absolute atomic E-state index is 0.191. The molecule has 0 aliphatic rings. The van der Waals surface area contributed by atoms with Gasteiger partial charge in [-0.05, 0) is 72.8 Å². The predicted molar refractivity (Wildman–Crippen MR) is 98.8 cm³/mol. The van der Waals surface area contributed by atoms with Gasteiger partial charge in [0.15, 0.2) is 14.7 Å². The van der Waals surface area contributed by atoms with E-state index in [1.165, 1.54) is 14.7 Å². The van der Waals surface area contributed by atoms with Crippen LogP contribution in [0.5, 0.6) is 0 Å². The van der Waals surface area contributed by atoms with Crippen molar-refractivity contribution in [3.8, 4) is 0 Å². The topological polar surface area (TPSA) is 0 Å². The average molecular weight is 364 g/mol. The Bertz CT molecular complexity index is 642. The van der Waals surface area contributed by atoms with Crippen LogP contribution >= 0.6 is 35.8 Å².